The van der Waals surface area contributed by atoms with Gasteiger partial charge in [-0.25, -0.2) is 19.2 Å². The fourth-order valence-electron chi connectivity index (χ4n) is 6.15. The Hall–Kier alpha value is -3.43. The van der Waals surface area contributed by atoms with Gasteiger partial charge in [-0.3, -0.25) is 10.7 Å². The van der Waals surface area contributed by atoms with Crippen molar-refractivity contribution in [3.8, 4) is 0 Å². The normalized spacial score (nSPS) is 25.0. The van der Waals surface area contributed by atoms with E-state index in [-0.39, 0.29) is 11.9 Å². The van der Waals surface area contributed by atoms with Gasteiger partial charge in [-0.15, -0.1) is 0 Å². The summed E-state index contributed by atoms with van der Waals surface area (Å²) in [5.74, 6) is 2.06. The second-order valence-electron chi connectivity index (χ2n) is 11.8. The zero-order chi connectivity index (χ0) is 27.7. The number of aromatic nitrogens is 2. The Morgan fingerprint density at radius 2 is 1.90 bits per heavy atom. The molecule has 210 valence electrons. The summed E-state index contributed by atoms with van der Waals surface area (Å²) in [5, 5.41) is 26.4. The number of alkyl halides is 1. The highest BCUT2D eigenvalue weighted by molar-refractivity contribution is 6.03. The molecule has 3 atom stereocenters. The lowest BCUT2D eigenvalue weighted by molar-refractivity contribution is 0.154. The maximum Gasteiger partial charge on any atom is 0.410 e. The van der Waals surface area contributed by atoms with Crippen LogP contribution in [0.3, 0.4) is 0 Å². The second kappa shape index (κ2) is 11.0. The summed E-state index contributed by atoms with van der Waals surface area (Å²) in [7, 11) is 0. The number of nitrogens with zero attached hydrogens (tertiary/aromatic N) is 3. The van der Waals surface area contributed by atoms with E-state index in [0.29, 0.717) is 47.2 Å². The number of rotatable bonds is 8. The average molecular weight is 538 g/mol. The average Bonchev–Trinajstić information content (AvgIpc) is 3.23. The highest BCUT2D eigenvalue weighted by Crippen LogP contribution is 2.47. The molecule has 2 aromatic rings. The Morgan fingerprint density at radius 3 is 2.51 bits per heavy atom. The van der Waals surface area contributed by atoms with Gasteiger partial charge in [0.05, 0.1) is 0 Å². The van der Waals surface area contributed by atoms with Gasteiger partial charge in [0.15, 0.2) is 29.0 Å². The first-order valence-electron chi connectivity index (χ1n) is 14.2. The minimum Gasteiger partial charge on any atom is -0.465 e. The van der Waals surface area contributed by atoms with Crippen LogP contribution in [0, 0.1) is 23.2 Å². The number of halogens is 1. The molecule has 39 heavy (non-hydrogen) atoms. The lowest BCUT2D eigenvalue weighted by atomic mass is 9.80. The summed E-state index contributed by atoms with van der Waals surface area (Å²) >= 11 is 0. The fraction of sp³-hybridized carbons (Fsp3) is 0.586. The van der Waals surface area contributed by atoms with E-state index < -0.39 is 23.8 Å². The van der Waals surface area contributed by atoms with Crippen LogP contribution in [0.15, 0.2) is 30.3 Å². The Bertz CT molecular complexity index is 1200. The highest BCUT2D eigenvalue weighted by Gasteiger charge is 2.47. The van der Waals surface area contributed by atoms with E-state index in [1.54, 1.807) is 19.1 Å². The molecule has 1 amide bonds. The summed E-state index contributed by atoms with van der Waals surface area (Å²) in [6, 6.07) is 9.27. The third kappa shape index (κ3) is 5.65. The van der Waals surface area contributed by atoms with Crippen molar-refractivity contribution in [2.75, 3.05) is 22.1 Å². The number of amidine groups is 1. The van der Waals surface area contributed by atoms with Gasteiger partial charge >= 0.3 is 6.09 Å². The van der Waals surface area contributed by atoms with Crippen molar-refractivity contribution in [3.63, 3.8) is 0 Å². The molecule has 0 saturated heterocycles. The number of carbonyl (C=O) groups is 1. The number of hydrogen-bond acceptors (Lipinski definition) is 7. The number of hydrogen-bond donors (Lipinski definition) is 5. The SMILES string of the molecule is CC1CCC(CN2c3c(nc(C(=N)NC(=O)O)nc3N[C@H](C)C3CCC3)NC2C(C)(F)c2ccccc2)CC1. The Kier molecular flexibility index (Phi) is 7.64. The van der Waals surface area contributed by atoms with Crippen LogP contribution in [-0.2, 0) is 5.67 Å². The molecule has 1 aromatic heterocycles. The van der Waals surface area contributed by atoms with E-state index in [0.717, 1.165) is 38.5 Å². The molecule has 0 radical (unpaired) electrons. The molecule has 1 aromatic carbocycles. The van der Waals surface area contributed by atoms with Crippen molar-refractivity contribution >= 4 is 29.3 Å². The van der Waals surface area contributed by atoms with E-state index in [4.69, 9.17) is 5.41 Å². The largest absolute Gasteiger partial charge is 0.465 e. The first-order chi connectivity index (χ1) is 18.6. The Labute approximate surface area is 229 Å². The molecule has 1 aliphatic heterocycles. The van der Waals surface area contributed by atoms with Gasteiger partial charge in [0, 0.05) is 12.6 Å². The predicted octanol–water partition coefficient (Wildman–Crippen LogP) is 5.94. The van der Waals surface area contributed by atoms with Crippen LogP contribution in [0.4, 0.5) is 26.5 Å². The molecular weight excluding hydrogens is 497 g/mol. The van der Waals surface area contributed by atoms with Crippen molar-refractivity contribution in [2.45, 2.75) is 83.6 Å². The van der Waals surface area contributed by atoms with Crippen molar-refractivity contribution in [1.82, 2.24) is 15.3 Å². The molecular formula is C29H40FN7O2. The van der Waals surface area contributed by atoms with Crippen molar-refractivity contribution < 1.29 is 14.3 Å². The second-order valence-corrected chi connectivity index (χ2v) is 11.8. The summed E-state index contributed by atoms with van der Waals surface area (Å²) in [5.41, 5.74) is -0.520. The molecule has 2 saturated carbocycles. The van der Waals surface area contributed by atoms with Gasteiger partial charge in [0.1, 0.15) is 11.9 Å². The van der Waals surface area contributed by atoms with Gasteiger partial charge in [0.2, 0.25) is 0 Å². The van der Waals surface area contributed by atoms with Gasteiger partial charge in [-0.05, 0) is 62.8 Å². The molecule has 2 unspecified atom stereocenters. The topological polar surface area (TPSA) is 126 Å². The van der Waals surface area contributed by atoms with Crippen LogP contribution < -0.4 is 20.9 Å². The number of amides is 1. The Balaban J connectivity index is 1.57. The van der Waals surface area contributed by atoms with Crippen LogP contribution >= 0.6 is 0 Å². The van der Waals surface area contributed by atoms with E-state index in [2.05, 4.69) is 44.7 Å². The minimum atomic E-state index is -1.77. The molecule has 5 N–H and O–H groups in total. The molecule has 2 aliphatic carbocycles. The van der Waals surface area contributed by atoms with E-state index >= 15 is 4.39 Å². The number of fused-ring (bicyclic) bond motifs is 1. The smallest absolute Gasteiger partial charge is 0.410 e. The number of anilines is 3. The first kappa shape index (κ1) is 27.1. The standard InChI is InChI=1S/C29H40FN7O2/c1-17-12-14-19(15-13-17)16-37-22-24(32-18(2)20-8-7-9-20)34-26(23(31)33-28(38)39)35-25(22)36-27(37)29(3,30)21-10-5-4-6-11-21/h4-6,10-11,17-20,27H,7-9,12-16H2,1-3H3,(H2,31,33)(H,38,39)(H2,32,34,35,36)/t17?,18-,19?,27?,29?/m1/s1. The Morgan fingerprint density at radius 1 is 1.21 bits per heavy atom. The van der Waals surface area contributed by atoms with E-state index in [1.807, 2.05) is 18.2 Å². The van der Waals surface area contributed by atoms with Crippen molar-refractivity contribution in [3.05, 3.63) is 41.7 Å². The monoisotopic (exact) mass is 537 g/mol. The quantitative estimate of drug-likeness (QED) is 0.208. The first-order valence-corrected chi connectivity index (χ1v) is 14.2. The molecule has 5 rings (SSSR count). The minimum absolute atomic E-state index is 0.0562. The van der Waals surface area contributed by atoms with E-state index in [9.17, 15) is 9.90 Å². The summed E-state index contributed by atoms with van der Waals surface area (Å²) in [6.07, 6.45) is 5.84. The predicted molar refractivity (Wildman–Crippen MR) is 151 cm³/mol. The molecule has 2 fully saturated rings. The van der Waals surface area contributed by atoms with Crippen molar-refractivity contribution in [1.29, 1.82) is 5.41 Å². The van der Waals surface area contributed by atoms with Gasteiger partial charge in [0.25, 0.3) is 0 Å². The third-order valence-corrected chi connectivity index (χ3v) is 8.88. The zero-order valence-corrected chi connectivity index (χ0v) is 23.0. The number of benzene rings is 1. The van der Waals surface area contributed by atoms with Crippen molar-refractivity contribution in [2.24, 2.45) is 17.8 Å². The molecule has 10 heteroatoms. The lowest BCUT2D eigenvalue weighted by Crippen LogP contribution is -2.50. The van der Waals surface area contributed by atoms with E-state index in [1.165, 1.54) is 6.42 Å². The number of nitrogens with one attached hydrogen (secondary N) is 4. The van der Waals surface area contributed by atoms with Gasteiger partial charge in [-0.2, -0.15) is 0 Å². The third-order valence-electron chi connectivity index (χ3n) is 8.88. The lowest BCUT2D eigenvalue weighted by Gasteiger charge is -2.39. The summed E-state index contributed by atoms with van der Waals surface area (Å²) in [6.45, 7) is 6.66. The summed E-state index contributed by atoms with van der Waals surface area (Å²) in [4.78, 5) is 22.5. The highest BCUT2D eigenvalue weighted by atomic mass is 19.1. The molecule has 0 bridgehead atoms. The molecule has 2 heterocycles. The maximum absolute atomic E-state index is 16.9. The van der Waals surface area contributed by atoms with Crippen LogP contribution in [0.1, 0.15) is 77.1 Å². The van der Waals surface area contributed by atoms with Crippen LogP contribution in [-0.4, -0.2) is 45.8 Å². The number of carboxylic acid groups (broad SMARTS) is 1. The molecule has 9 nitrogen and oxygen atoms in total. The van der Waals surface area contributed by atoms with Gasteiger partial charge < -0.3 is 20.6 Å². The van der Waals surface area contributed by atoms with Gasteiger partial charge in [-0.1, -0.05) is 56.5 Å². The van der Waals surface area contributed by atoms with Crippen LogP contribution in [0.25, 0.3) is 0 Å². The molecule has 3 aliphatic rings. The molecule has 0 spiro atoms. The zero-order valence-electron chi connectivity index (χ0n) is 23.0. The fourth-order valence-corrected chi connectivity index (χ4v) is 6.15. The summed E-state index contributed by atoms with van der Waals surface area (Å²) < 4.78 is 16.9. The van der Waals surface area contributed by atoms with Crippen LogP contribution in [0.2, 0.25) is 0 Å². The van der Waals surface area contributed by atoms with Crippen LogP contribution in [0.5, 0.6) is 0 Å². The maximum atomic E-state index is 16.9.